The number of para-hydroxylation sites is 1. The molecule has 0 aliphatic carbocycles. The zero-order valence-electron chi connectivity index (χ0n) is 17.7. The van der Waals surface area contributed by atoms with Gasteiger partial charge in [-0.1, -0.05) is 47.6 Å². The molecular weight excluding hydrogens is 421 g/mol. The molecule has 0 unspecified atom stereocenters. The quantitative estimate of drug-likeness (QED) is 0.364. The summed E-state index contributed by atoms with van der Waals surface area (Å²) >= 11 is 0. The van der Waals surface area contributed by atoms with E-state index in [4.69, 9.17) is 4.52 Å². The molecule has 4 aromatic rings. The molecule has 2 heterocycles. The van der Waals surface area contributed by atoms with Crippen LogP contribution in [0.15, 0.2) is 59.1 Å². The van der Waals surface area contributed by atoms with Gasteiger partial charge < -0.3 is 9.26 Å². The molecule has 0 spiro atoms. The van der Waals surface area contributed by atoms with Crippen LogP contribution in [-0.4, -0.2) is 26.5 Å². The van der Waals surface area contributed by atoms with Crippen molar-refractivity contribution < 1.29 is 22.4 Å². The molecule has 0 amide bonds. The minimum Gasteiger partial charge on any atom is -0.434 e. The summed E-state index contributed by atoms with van der Waals surface area (Å²) in [6, 6.07) is 15.2. The van der Waals surface area contributed by atoms with Gasteiger partial charge in [0.1, 0.15) is 11.4 Å². The lowest BCUT2D eigenvalue weighted by Crippen LogP contribution is -2.08. The minimum absolute atomic E-state index is 0.0962. The number of alkyl halides is 3. The van der Waals surface area contributed by atoms with Gasteiger partial charge in [-0.15, -0.1) is 0 Å². The lowest BCUT2D eigenvalue weighted by molar-refractivity contribution is -0.0505. The van der Waals surface area contributed by atoms with E-state index in [1.807, 2.05) is 6.92 Å². The normalized spacial score (nSPS) is 11.8. The highest BCUT2D eigenvalue weighted by Gasteiger charge is 2.20. The topological polar surface area (TPSA) is 66.0 Å². The molecule has 0 aliphatic rings. The molecule has 166 valence electrons. The summed E-state index contributed by atoms with van der Waals surface area (Å²) < 4.78 is 51.0. The van der Waals surface area contributed by atoms with Crippen LogP contribution in [0.1, 0.15) is 30.7 Å². The van der Waals surface area contributed by atoms with E-state index in [9.17, 15) is 13.2 Å². The zero-order valence-corrected chi connectivity index (χ0v) is 17.7. The average Bonchev–Trinajstić information content (AvgIpc) is 3.36. The van der Waals surface area contributed by atoms with Gasteiger partial charge in [-0.05, 0) is 38.5 Å². The maximum atomic E-state index is 14.1. The van der Waals surface area contributed by atoms with Gasteiger partial charge in [0.05, 0.1) is 6.54 Å². The van der Waals surface area contributed by atoms with E-state index in [-0.39, 0.29) is 18.2 Å². The van der Waals surface area contributed by atoms with Crippen LogP contribution < -0.4 is 4.74 Å². The highest BCUT2D eigenvalue weighted by Crippen LogP contribution is 2.28. The van der Waals surface area contributed by atoms with Crippen LogP contribution in [-0.2, 0) is 12.2 Å². The van der Waals surface area contributed by atoms with E-state index in [2.05, 4.69) is 20.0 Å². The van der Waals surface area contributed by atoms with Crippen molar-refractivity contribution in [2.75, 3.05) is 0 Å². The highest BCUT2D eigenvalue weighted by molar-refractivity contribution is 5.58. The smallest absolute Gasteiger partial charge is 0.387 e. The second-order valence-electron chi connectivity index (χ2n) is 7.79. The first-order chi connectivity index (χ1) is 15.2. The molecule has 2 aromatic carbocycles. The molecule has 6 nitrogen and oxygen atoms in total. The van der Waals surface area contributed by atoms with Crippen molar-refractivity contribution >= 4 is 0 Å². The molecule has 2 aromatic heterocycles. The van der Waals surface area contributed by atoms with Crippen LogP contribution >= 0.6 is 0 Å². The molecule has 0 saturated heterocycles. The van der Waals surface area contributed by atoms with Crippen LogP contribution in [0.5, 0.6) is 5.75 Å². The van der Waals surface area contributed by atoms with Gasteiger partial charge in [0.15, 0.2) is 5.69 Å². The first kappa shape index (κ1) is 21.6. The van der Waals surface area contributed by atoms with E-state index in [0.717, 1.165) is 5.69 Å². The number of benzene rings is 2. The summed E-state index contributed by atoms with van der Waals surface area (Å²) in [6.07, 6.45) is 0. The van der Waals surface area contributed by atoms with Crippen molar-refractivity contribution in [3.05, 3.63) is 71.4 Å². The number of rotatable bonds is 7. The summed E-state index contributed by atoms with van der Waals surface area (Å²) in [7, 11) is 0. The third-order valence-corrected chi connectivity index (χ3v) is 4.96. The van der Waals surface area contributed by atoms with Crippen LogP contribution in [0.2, 0.25) is 0 Å². The lowest BCUT2D eigenvalue weighted by Gasteiger charge is -2.14. The average molecular weight is 442 g/mol. The van der Waals surface area contributed by atoms with Crippen molar-refractivity contribution in [2.45, 2.75) is 39.6 Å². The monoisotopic (exact) mass is 442 g/mol. The summed E-state index contributed by atoms with van der Waals surface area (Å²) in [5, 5.41) is 8.47. The van der Waals surface area contributed by atoms with Crippen LogP contribution in [0, 0.1) is 6.92 Å². The summed E-state index contributed by atoms with van der Waals surface area (Å²) in [5.41, 5.74) is 1.59. The summed E-state index contributed by atoms with van der Waals surface area (Å²) in [6.45, 7) is 2.14. The highest BCUT2D eigenvalue weighted by atomic mass is 19.3. The molecule has 0 saturated carbocycles. The Labute approximate surface area is 182 Å². The van der Waals surface area contributed by atoms with Crippen LogP contribution in [0.3, 0.4) is 0 Å². The molecule has 0 fully saturated rings. The molecule has 0 N–H and O–H groups in total. The Bertz CT molecular complexity index is 1210. The fourth-order valence-electron chi connectivity index (χ4n) is 3.24. The molecule has 32 heavy (non-hydrogen) atoms. The SMILES string of the molecule is Cc1cc(-c2nc(-c3ccc(C(C)(C)F)cc3)no2)nn1Cc1ccccc1OC(F)F. The van der Waals surface area contributed by atoms with Crippen molar-refractivity contribution in [1.82, 2.24) is 19.9 Å². The zero-order chi connectivity index (χ0) is 22.9. The Morgan fingerprint density at radius 2 is 1.81 bits per heavy atom. The van der Waals surface area contributed by atoms with Gasteiger partial charge >= 0.3 is 6.61 Å². The van der Waals surface area contributed by atoms with Gasteiger partial charge in [0.2, 0.25) is 5.82 Å². The largest absolute Gasteiger partial charge is 0.434 e. The first-order valence-electron chi connectivity index (χ1n) is 9.92. The van der Waals surface area contributed by atoms with E-state index < -0.39 is 12.3 Å². The van der Waals surface area contributed by atoms with E-state index in [0.29, 0.717) is 28.2 Å². The second kappa shape index (κ2) is 8.49. The number of nitrogens with zero attached hydrogens (tertiary/aromatic N) is 4. The third kappa shape index (κ3) is 4.66. The minimum atomic E-state index is -2.91. The first-order valence-corrected chi connectivity index (χ1v) is 9.92. The number of halogens is 3. The van der Waals surface area contributed by atoms with Gasteiger partial charge in [0, 0.05) is 16.8 Å². The molecule has 0 bridgehead atoms. The Morgan fingerprint density at radius 1 is 1.09 bits per heavy atom. The predicted octanol–water partition coefficient (Wildman–Crippen LogP) is 5.76. The maximum Gasteiger partial charge on any atom is 0.387 e. The molecule has 0 radical (unpaired) electrons. The summed E-state index contributed by atoms with van der Waals surface area (Å²) in [4.78, 5) is 4.39. The standard InChI is InChI=1S/C23H21F3N4O2/c1-14-12-18(28-30(14)13-16-6-4-5-7-19(16)31-22(24)25)21-27-20(29-32-21)15-8-10-17(11-9-15)23(2,3)26/h4-12,22H,13H2,1-3H3. The number of hydrogen-bond acceptors (Lipinski definition) is 5. The van der Waals surface area contributed by atoms with Crippen molar-refractivity contribution in [3.63, 3.8) is 0 Å². The van der Waals surface area contributed by atoms with Gasteiger partial charge in [-0.25, -0.2) is 4.39 Å². The Morgan fingerprint density at radius 3 is 2.50 bits per heavy atom. The van der Waals surface area contributed by atoms with Gasteiger partial charge in [-0.3, -0.25) is 4.68 Å². The number of ether oxygens (including phenoxy) is 1. The number of aryl methyl sites for hydroxylation is 1. The second-order valence-corrected chi connectivity index (χ2v) is 7.79. The van der Waals surface area contributed by atoms with E-state index >= 15 is 0 Å². The van der Waals surface area contributed by atoms with Crippen LogP contribution in [0.4, 0.5) is 13.2 Å². The number of aromatic nitrogens is 4. The fourth-order valence-corrected chi connectivity index (χ4v) is 3.24. The molecule has 4 rings (SSSR count). The Hall–Kier alpha value is -3.62. The third-order valence-electron chi connectivity index (χ3n) is 4.96. The lowest BCUT2D eigenvalue weighted by atomic mass is 9.99. The molecule has 0 aliphatic heterocycles. The van der Waals surface area contributed by atoms with Gasteiger partial charge in [-0.2, -0.15) is 18.9 Å². The van der Waals surface area contributed by atoms with Crippen LogP contribution in [0.25, 0.3) is 23.0 Å². The molecular formula is C23H21F3N4O2. The van der Waals surface area contributed by atoms with Crippen molar-refractivity contribution in [2.24, 2.45) is 0 Å². The Balaban J connectivity index is 1.56. The van der Waals surface area contributed by atoms with Crippen molar-refractivity contribution in [3.8, 4) is 28.7 Å². The van der Waals surface area contributed by atoms with Gasteiger partial charge in [0.25, 0.3) is 5.89 Å². The van der Waals surface area contributed by atoms with E-state index in [1.54, 1.807) is 53.2 Å². The maximum absolute atomic E-state index is 14.1. The summed E-state index contributed by atoms with van der Waals surface area (Å²) in [5.74, 6) is 0.666. The fraction of sp³-hybridized carbons (Fsp3) is 0.261. The predicted molar refractivity (Wildman–Crippen MR) is 112 cm³/mol. The molecule has 0 atom stereocenters. The van der Waals surface area contributed by atoms with Crippen molar-refractivity contribution in [1.29, 1.82) is 0 Å². The van der Waals surface area contributed by atoms with E-state index in [1.165, 1.54) is 19.9 Å². The Kier molecular flexibility index (Phi) is 5.73. The number of hydrogen-bond donors (Lipinski definition) is 0. The molecule has 9 heteroatoms.